The highest BCUT2D eigenvalue weighted by molar-refractivity contribution is 5.12. The molecule has 0 aliphatic carbocycles. The maximum atomic E-state index is 13.7. The molecule has 2 unspecified atom stereocenters. The molecular formula is C12H22F6O. The lowest BCUT2D eigenvalue weighted by atomic mass is 9.76. The predicted molar refractivity (Wildman–Crippen MR) is 62.4 cm³/mol. The Kier molecular flexibility index (Phi) is 7.48. The summed E-state index contributed by atoms with van der Waals surface area (Å²) >= 11 is 0. The van der Waals surface area contributed by atoms with Gasteiger partial charge in [-0.1, -0.05) is 0 Å². The van der Waals surface area contributed by atoms with E-state index in [4.69, 9.17) is 0 Å². The summed E-state index contributed by atoms with van der Waals surface area (Å²) in [6, 6.07) is 0. The van der Waals surface area contributed by atoms with Gasteiger partial charge < -0.3 is 4.74 Å². The van der Waals surface area contributed by atoms with Crippen molar-refractivity contribution in [2.45, 2.75) is 52.0 Å². The maximum Gasteiger partial charge on any atom is 0.289 e. The van der Waals surface area contributed by atoms with E-state index in [2.05, 4.69) is 4.74 Å². The summed E-state index contributed by atoms with van der Waals surface area (Å²) in [5.41, 5.74) is -4.42. The van der Waals surface area contributed by atoms with Gasteiger partial charge in [0.15, 0.2) is 0 Å². The van der Waals surface area contributed by atoms with Crippen molar-refractivity contribution in [3.05, 3.63) is 0 Å². The van der Waals surface area contributed by atoms with Crippen molar-refractivity contribution in [3.8, 4) is 0 Å². The average molecular weight is 296 g/mol. The summed E-state index contributed by atoms with van der Waals surface area (Å²) in [7, 11) is 0.500. The molecule has 1 nitrogen and oxygen atoms in total. The minimum absolute atomic E-state index is 0.250. The first kappa shape index (κ1) is 20.8. The Morgan fingerprint density at radius 3 is 1.32 bits per heavy atom. The molecule has 0 aromatic rings. The highest BCUT2D eigenvalue weighted by Gasteiger charge is 2.76. The van der Waals surface area contributed by atoms with Gasteiger partial charge in [0, 0.05) is 0 Å². The smallest absolute Gasteiger partial charge is 0.289 e. The molecule has 7 heteroatoms. The van der Waals surface area contributed by atoms with E-state index in [1.54, 1.807) is 0 Å². The van der Waals surface area contributed by atoms with E-state index in [0.29, 0.717) is 7.18 Å². The standard InChI is InChI=1S/C9H14F4O.C2H5F.CH3F/c1-6(2)9(12,13)7(3,5-10)8(4,11)14-6;1-2-3;1-2/h5H2,1-4H3;2H2,1H3;1H3. The molecule has 0 saturated carbocycles. The van der Waals surface area contributed by atoms with Crippen molar-refractivity contribution in [2.24, 2.45) is 5.41 Å². The quantitative estimate of drug-likeness (QED) is 0.640. The normalized spacial score (nSPS) is 34.7. The molecule has 19 heavy (non-hydrogen) atoms. The van der Waals surface area contributed by atoms with Crippen LogP contribution in [0.1, 0.15) is 34.6 Å². The molecule has 1 aliphatic rings. The van der Waals surface area contributed by atoms with Crippen LogP contribution in [0, 0.1) is 5.41 Å². The Balaban J connectivity index is 0. The van der Waals surface area contributed by atoms with E-state index < -0.39 is 29.5 Å². The molecule has 1 rings (SSSR count). The topological polar surface area (TPSA) is 9.23 Å². The van der Waals surface area contributed by atoms with Crippen LogP contribution in [0.5, 0.6) is 0 Å². The zero-order chi connectivity index (χ0) is 16.1. The van der Waals surface area contributed by atoms with Crippen LogP contribution in [0.4, 0.5) is 26.3 Å². The lowest BCUT2D eigenvalue weighted by Crippen LogP contribution is -2.52. The molecule has 0 aromatic heterocycles. The highest BCUT2D eigenvalue weighted by Crippen LogP contribution is 2.61. The maximum absolute atomic E-state index is 13.7. The summed E-state index contributed by atoms with van der Waals surface area (Å²) < 4.78 is 78.0. The largest absolute Gasteiger partial charge is 0.333 e. The van der Waals surface area contributed by atoms with Crippen molar-refractivity contribution >= 4 is 0 Å². The Morgan fingerprint density at radius 1 is 0.895 bits per heavy atom. The second-order valence-corrected chi connectivity index (χ2v) is 4.84. The van der Waals surface area contributed by atoms with Gasteiger partial charge in [0.1, 0.15) is 17.7 Å². The van der Waals surface area contributed by atoms with Gasteiger partial charge in [-0.3, -0.25) is 13.2 Å². The van der Waals surface area contributed by atoms with Crippen LogP contribution in [-0.4, -0.2) is 37.9 Å². The Labute approximate surface area is 110 Å². The molecule has 0 spiro atoms. The van der Waals surface area contributed by atoms with Crippen LogP contribution < -0.4 is 0 Å². The van der Waals surface area contributed by atoms with Crippen molar-refractivity contribution in [2.75, 3.05) is 20.5 Å². The lowest BCUT2D eigenvalue weighted by Gasteiger charge is -2.34. The van der Waals surface area contributed by atoms with Crippen LogP contribution in [0.25, 0.3) is 0 Å². The van der Waals surface area contributed by atoms with E-state index in [1.807, 2.05) is 0 Å². The van der Waals surface area contributed by atoms with Crippen molar-refractivity contribution in [1.29, 1.82) is 0 Å². The summed E-state index contributed by atoms with van der Waals surface area (Å²) in [5.74, 6) is -6.20. The van der Waals surface area contributed by atoms with Crippen LogP contribution in [0.15, 0.2) is 0 Å². The lowest BCUT2D eigenvalue weighted by molar-refractivity contribution is -0.190. The van der Waals surface area contributed by atoms with E-state index in [9.17, 15) is 26.3 Å². The molecule has 0 N–H and O–H groups in total. The molecule has 2 atom stereocenters. The minimum atomic E-state index is -3.54. The van der Waals surface area contributed by atoms with Crippen molar-refractivity contribution in [1.82, 2.24) is 0 Å². The summed E-state index contributed by atoms with van der Waals surface area (Å²) in [5, 5.41) is 0. The first-order valence-corrected chi connectivity index (χ1v) is 5.70. The third kappa shape index (κ3) is 3.35. The number of ether oxygens (including phenoxy) is 1. The second kappa shape index (κ2) is 6.81. The average Bonchev–Trinajstić information content (AvgIpc) is 2.38. The third-order valence-electron chi connectivity index (χ3n) is 3.15. The van der Waals surface area contributed by atoms with Crippen molar-refractivity contribution in [3.63, 3.8) is 0 Å². The molecule has 0 radical (unpaired) electrons. The molecule has 1 heterocycles. The summed E-state index contributed by atoms with van der Waals surface area (Å²) in [6.45, 7) is 3.57. The fraction of sp³-hybridized carbons (Fsp3) is 1.00. The van der Waals surface area contributed by atoms with E-state index in [1.165, 1.54) is 6.92 Å². The van der Waals surface area contributed by atoms with Gasteiger partial charge >= 0.3 is 0 Å². The molecule has 1 saturated heterocycles. The highest BCUT2D eigenvalue weighted by atomic mass is 19.3. The number of rotatable bonds is 1. The number of hydrogen-bond acceptors (Lipinski definition) is 1. The zero-order valence-corrected chi connectivity index (χ0v) is 12.1. The Hall–Kier alpha value is -0.460. The van der Waals surface area contributed by atoms with Gasteiger partial charge in [-0.25, -0.2) is 13.2 Å². The fourth-order valence-corrected chi connectivity index (χ4v) is 1.80. The second-order valence-electron chi connectivity index (χ2n) is 4.84. The molecular weight excluding hydrogens is 274 g/mol. The minimum Gasteiger partial charge on any atom is -0.333 e. The number of alkyl halides is 6. The van der Waals surface area contributed by atoms with Crippen LogP contribution in [-0.2, 0) is 4.74 Å². The van der Waals surface area contributed by atoms with Gasteiger partial charge in [-0.15, -0.1) is 0 Å². The van der Waals surface area contributed by atoms with Gasteiger partial charge in [0.2, 0.25) is 5.85 Å². The number of hydrogen-bond donors (Lipinski definition) is 0. The van der Waals surface area contributed by atoms with Gasteiger partial charge in [-0.2, -0.15) is 0 Å². The monoisotopic (exact) mass is 296 g/mol. The summed E-state index contributed by atoms with van der Waals surface area (Å²) in [4.78, 5) is 0. The number of halogens is 6. The fourth-order valence-electron chi connectivity index (χ4n) is 1.80. The zero-order valence-electron chi connectivity index (χ0n) is 12.1. The predicted octanol–water partition coefficient (Wildman–Crippen LogP) is 4.65. The van der Waals surface area contributed by atoms with E-state index in [0.717, 1.165) is 27.7 Å². The first-order chi connectivity index (χ1) is 8.43. The third-order valence-corrected chi connectivity index (χ3v) is 3.15. The van der Waals surface area contributed by atoms with E-state index in [-0.39, 0.29) is 6.67 Å². The molecule has 1 fully saturated rings. The van der Waals surface area contributed by atoms with Gasteiger partial charge in [0.25, 0.3) is 5.92 Å². The van der Waals surface area contributed by atoms with Gasteiger partial charge in [0.05, 0.1) is 13.9 Å². The van der Waals surface area contributed by atoms with Crippen molar-refractivity contribution < 1.29 is 31.1 Å². The van der Waals surface area contributed by atoms with Gasteiger partial charge in [-0.05, 0) is 34.6 Å². The SMILES string of the molecule is CC1(C)OC(C)(F)C(C)(CF)C1(F)F.CCF.CF. The van der Waals surface area contributed by atoms with Crippen LogP contribution in [0.2, 0.25) is 0 Å². The molecule has 0 bridgehead atoms. The Morgan fingerprint density at radius 2 is 1.21 bits per heavy atom. The van der Waals surface area contributed by atoms with Crippen LogP contribution in [0.3, 0.4) is 0 Å². The Bertz CT molecular complexity index is 267. The molecule has 118 valence electrons. The molecule has 0 aromatic carbocycles. The first-order valence-electron chi connectivity index (χ1n) is 5.70. The van der Waals surface area contributed by atoms with E-state index >= 15 is 0 Å². The summed E-state index contributed by atoms with van der Waals surface area (Å²) in [6.07, 6.45) is 0. The van der Waals surface area contributed by atoms with Crippen LogP contribution >= 0.6 is 0 Å². The molecule has 0 amide bonds. The molecule has 1 aliphatic heterocycles.